The summed E-state index contributed by atoms with van der Waals surface area (Å²) in [5, 5.41) is 0. The van der Waals surface area contributed by atoms with Gasteiger partial charge in [0.05, 0.1) is 14.1 Å². The molecule has 0 rings (SSSR count). The van der Waals surface area contributed by atoms with Crippen LogP contribution in [-0.2, 0) is 9.53 Å². The van der Waals surface area contributed by atoms with Gasteiger partial charge in [0.15, 0.2) is 13.2 Å². The zero-order valence-electron chi connectivity index (χ0n) is 10.1. The average molecular weight is 222 g/mol. The maximum Gasteiger partial charge on any atom is 0.362 e. The number of hydrogen-bond donors (Lipinski definition) is 0. The Morgan fingerprint density at radius 1 is 1.56 bits per heavy atom. The number of esters is 1. The van der Waals surface area contributed by atoms with Gasteiger partial charge < -0.3 is 9.22 Å². The average Bonchev–Trinajstić information content (AvgIpc) is 2.22. The molecule has 0 aliphatic heterocycles. The minimum Gasteiger partial charge on any atom is -0.448 e. The Morgan fingerprint density at radius 2 is 2.19 bits per heavy atom. The van der Waals surface area contributed by atoms with Crippen molar-refractivity contribution in [2.45, 2.75) is 12.5 Å². The monoisotopic (exact) mass is 222 g/mol. The lowest BCUT2D eigenvalue weighted by molar-refractivity contribution is -0.901. The van der Waals surface area contributed by atoms with E-state index in [1.165, 1.54) is 0 Å². The molecule has 0 heterocycles. The molecule has 3 nitrogen and oxygen atoms in total. The van der Waals surface area contributed by atoms with E-state index in [4.69, 9.17) is 11.2 Å². The summed E-state index contributed by atoms with van der Waals surface area (Å²) in [7, 11) is 3.90. The smallest absolute Gasteiger partial charge is 0.362 e. The van der Waals surface area contributed by atoms with Crippen LogP contribution in [-0.4, -0.2) is 43.7 Å². The first kappa shape index (κ1) is 14.5. The maximum atomic E-state index is 11.4. The van der Waals surface area contributed by atoms with Crippen molar-refractivity contribution in [2.75, 3.05) is 27.2 Å². The fraction of sp³-hybridized carbons (Fsp3) is 0.462. The van der Waals surface area contributed by atoms with E-state index in [1.54, 1.807) is 0 Å². The second kappa shape index (κ2) is 6.86. The predicted octanol–water partition coefficient (Wildman–Crippen LogP) is 1.37. The number of likely N-dealkylation sites (N-methyl/N-ethyl adjacent to an activating group) is 1. The molecule has 0 N–H and O–H groups in total. The van der Waals surface area contributed by atoms with E-state index in [1.807, 2.05) is 26.2 Å². The molecule has 0 saturated heterocycles. The lowest BCUT2D eigenvalue weighted by Gasteiger charge is -2.34. The molecule has 0 aliphatic rings. The van der Waals surface area contributed by atoms with Crippen LogP contribution in [0.1, 0.15) is 6.42 Å². The topological polar surface area (TPSA) is 26.3 Å². The van der Waals surface area contributed by atoms with Crippen molar-refractivity contribution in [2.24, 2.45) is 0 Å². The zero-order chi connectivity index (χ0) is 12.6. The molecule has 16 heavy (non-hydrogen) atoms. The van der Waals surface area contributed by atoms with Gasteiger partial charge in [-0.3, -0.25) is 0 Å². The second-order valence-corrected chi connectivity index (χ2v) is 4.13. The van der Waals surface area contributed by atoms with Gasteiger partial charge in [-0.1, -0.05) is 18.6 Å². The van der Waals surface area contributed by atoms with Crippen LogP contribution in [0, 0.1) is 12.3 Å². The van der Waals surface area contributed by atoms with Crippen LogP contribution < -0.4 is 0 Å². The van der Waals surface area contributed by atoms with Crippen molar-refractivity contribution in [3.63, 3.8) is 0 Å². The highest BCUT2D eigenvalue weighted by Gasteiger charge is 2.28. The van der Waals surface area contributed by atoms with Crippen LogP contribution in [0.5, 0.6) is 0 Å². The van der Waals surface area contributed by atoms with E-state index >= 15 is 0 Å². The maximum absolute atomic E-state index is 11.4. The zero-order valence-corrected chi connectivity index (χ0v) is 10.1. The van der Waals surface area contributed by atoms with E-state index in [9.17, 15) is 4.79 Å². The van der Waals surface area contributed by atoms with Gasteiger partial charge in [-0.15, -0.1) is 13.0 Å². The van der Waals surface area contributed by atoms with Crippen molar-refractivity contribution in [3.8, 4) is 12.3 Å². The Kier molecular flexibility index (Phi) is 6.21. The van der Waals surface area contributed by atoms with Crippen LogP contribution in [0.15, 0.2) is 25.3 Å². The van der Waals surface area contributed by atoms with E-state index in [-0.39, 0.29) is 25.2 Å². The summed E-state index contributed by atoms with van der Waals surface area (Å²) in [6.07, 6.45) is 9.44. The van der Waals surface area contributed by atoms with Crippen LogP contribution in [0.4, 0.5) is 0 Å². The summed E-state index contributed by atoms with van der Waals surface area (Å²) in [5.41, 5.74) is 0. The lowest BCUT2D eigenvalue weighted by Crippen LogP contribution is -2.51. The van der Waals surface area contributed by atoms with E-state index < -0.39 is 0 Å². The summed E-state index contributed by atoms with van der Waals surface area (Å²) in [6, 6.07) is 0.149. The molecular formula is C13H20NO2+. The highest BCUT2D eigenvalue weighted by atomic mass is 16.5. The number of hydrogen-bond acceptors (Lipinski definition) is 2. The Balaban J connectivity index is 4.41. The van der Waals surface area contributed by atoms with Crippen molar-refractivity contribution >= 4 is 5.97 Å². The molecule has 3 heteroatoms. The molecule has 1 unspecified atom stereocenters. The highest BCUT2D eigenvalue weighted by Crippen LogP contribution is 2.12. The summed E-state index contributed by atoms with van der Waals surface area (Å²) in [4.78, 5) is 11.4. The Labute approximate surface area is 98.0 Å². The number of ether oxygens (including phenoxy) is 1. The van der Waals surface area contributed by atoms with Gasteiger partial charge in [0.25, 0.3) is 0 Å². The summed E-state index contributed by atoms with van der Waals surface area (Å²) in [6.45, 7) is 7.75. The number of nitrogens with zero attached hydrogens (tertiary/aromatic N) is 1. The number of rotatable bonds is 7. The Morgan fingerprint density at radius 3 is 2.62 bits per heavy atom. The van der Waals surface area contributed by atoms with Gasteiger partial charge in [-0.05, 0) is 6.08 Å². The normalized spacial score (nSPS) is 12.3. The van der Waals surface area contributed by atoms with Crippen LogP contribution >= 0.6 is 0 Å². The van der Waals surface area contributed by atoms with Gasteiger partial charge in [0.2, 0.25) is 0 Å². The largest absolute Gasteiger partial charge is 0.448 e. The molecule has 0 aliphatic carbocycles. The fourth-order valence-electron chi connectivity index (χ4n) is 1.46. The SMILES string of the molecule is C#CCOC(=O)C[N+](C)(C)C(C=C)CC=C. The van der Waals surface area contributed by atoms with Crippen molar-refractivity contribution < 1.29 is 14.0 Å². The number of terminal acetylenes is 1. The van der Waals surface area contributed by atoms with Crippen molar-refractivity contribution in [1.29, 1.82) is 0 Å². The van der Waals surface area contributed by atoms with E-state index in [0.29, 0.717) is 4.48 Å². The number of carbonyl (C=O) groups is 1. The summed E-state index contributed by atoms with van der Waals surface area (Å²) >= 11 is 0. The third kappa shape index (κ3) is 4.81. The molecule has 0 fully saturated rings. The van der Waals surface area contributed by atoms with Gasteiger partial charge in [0.1, 0.15) is 6.04 Å². The van der Waals surface area contributed by atoms with Crippen LogP contribution in [0.25, 0.3) is 0 Å². The van der Waals surface area contributed by atoms with Gasteiger partial charge >= 0.3 is 5.97 Å². The lowest BCUT2D eigenvalue weighted by atomic mass is 10.1. The fourth-order valence-corrected chi connectivity index (χ4v) is 1.46. The van der Waals surface area contributed by atoms with Crippen molar-refractivity contribution in [3.05, 3.63) is 25.3 Å². The van der Waals surface area contributed by atoms with Gasteiger partial charge in [-0.25, -0.2) is 4.79 Å². The third-order valence-electron chi connectivity index (χ3n) is 2.43. The molecule has 88 valence electrons. The molecule has 0 aromatic rings. The minimum atomic E-state index is -0.293. The van der Waals surface area contributed by atoms with Gasteiger partial charge in [0, 0.05) is 6.42 Å². The quantitative estimate of drug-likeness (QED) is 0.281. The van der Waals surface area contributed by atoms with Gasteiger partial charge in [-0.2, -0.15) is 0 Å². The first-order valence-electron chi connectivity index (χ1n) is 5.13. The number of carbonyl (C=O) groups excluding carboxylic acids is 1. The van der Waals surface area contributed by atoms with E-state index in [0.717, 1.165) is 6.42 Å². The van der Waals surface area contributed by atoms with Crippen molar-refractivity contribution in [1.82, 2.24) is 0 Å². The molecular weight excluding hydrogens is 202 g/mol. The van der Waals surface area contributed by atoms with Crippen LogP contribution in [0.2, 0.25) is 0 Å². The molecule has 1 atom stereocenters. The third-order valence-corrected chi connectivity index (χ3v) is 2.43. The standard InChI is InChI=1S/C13H20NO2/c1-6-9-12(8-3)14(4,5)11-13(15)16-10-7-2/h2,6,8,12H,1,3,9-11H2,4-5H3/q+1. The summed E-state index contributed by atoms with van der Waals surface area (Å²) in [5.74, 6) is 1.97. The first-order valence-corrected chi connectivity index (χ1v) is 5.13. The molecule has 0 bridgehead atoms. The Hall–Kier alpha value is -1.53. The highest BCUT2D eigenvalue weighted by molar-refractivity contribution is 5.70. The molecule has 0 spiro atoms. The minimum absolute atomic E-state index is 0.0268. The Bertz CT molecular complexity index is 300. The second-order valence-electron chi connectivity index (χ2n) is 4.13. The summed E-state index contributed by atoms with van der Waals surface area (Å²) < 4.78 is 5.33. The van der Waals surface area contributed by atoms with E-state index in [2.05, 4.69) is 19.1 Å². The molecule has 0 amide bonds. The predicted molar refractivity (Wildman–Crippen MR) is 65.6 cm³/mol. The molecule has 0 aromatic heterocycles. The number of quaternary nitrogens is 1. The van der Waals surface area contributed by atoms with Crippen LogP contribution in [0.3, 0.4) is 0 Å². The molecule has 0 aromatic carbocycles. The molecule has 0 radical (unpaired) electrons. The first-order chi connectivity index (χ1) is 7.47. The molecule has 0 saturated carbocycles.